The second-order valence-corrected chi connectivity index (χ2v) is 7.14. The molecule has 0 aliphatic carbocycles. The third-order valence-electron chi connectivity index (χ3n) is 5.18. The molecule has 0 fully saturated rings. The van der Waals surface area contributed by atoms with Gasteiger partial charge in [-0.05, 0) is 36.4 Å². The van der Waals surface area contributed by atoms with E-state index in [1.165, 1.54) is 33.5 Å². The normalized spacial score (nSPS) is 10.6. The molecule has 2 N–H and O–H groups in total. The molecule has 9 nitrogen and oxygen atoms in total. The van der Waals surface area contributed by atoms with E-state index in [1.807, 2.05) is 0 Å². The minimum absolute atomic E-state index is 0.0666. The number of phenolic OH excluding ortho intramolecular Hbond substituents is 2. The summed E-state index contributed by atoms with van der Waals surface area (Å²) in [6.45, 7) is 0. The van der Waals surface area contributed by atoms with Crippen LogP contribution < -0.4 is 18.9 Å². The van der Waals surface area contributed by atoms with Gasteiger partial charge in [0.15, 0.2) is 17.5 Å². The first-order chi connectivity index (χ1) is 16.5. The van der Waals surface area contributed by atoms with E-state index >= 15 is 0 Å². The van der Waals surface area contributed by atoms with E-state index in [1.54, 1.807) is 49.6 Å². The van der Waals surface area contributed by atoms with Crippen LogP contribution in [0.3, 0.4) is 0 Å². The molecule has 0 aliphatic rings. The van der Waals surface area contributed by atoms with Gasteiger partial charge in [0.25, 0.3) is 0 Å². The molecule has 174 valence electrons. The Bertz CT molecular complexity index is 1270. The smallest absolute Gasteiger partial charge is 0.167 e. The van der Waals surface area contributed by atoms with Crippen LogP contribution in [-0.4, -0.2) is 53.6 Å². The van der Waals surface area contributed by atoms with Crippen molar-refractivity contribution in [3.05, 3.63) is 54.6 Å². The summed E-state index contributed by atoms with van der Waals surface area (Å²) in [7, 11) is 6.12. The number of benzene rings is 3. The number of nitrogens with zero attached hydrogens (tertiary/aromatic N) is 3. The fourth-order valence-electron chi connectivity index (χ4n) is 3.38. The van der Waals surface area contributed by atoms with Gasteiger partial charge in [-0.2, -0.15) is 0 Å². The topological polar surface area (TPSA) is 116 Å². The van der Waals surface area contributed by atoms with Gasteiger partial charge in [0.05, 0.1) is 45.1 Å². The first-order valence-electron chi connectivity index (χ1n) is 10.2. The summed E-state index contributed by atoms with van der Waals surface area (Å²) in [6.07, 6.45) is 0. The Labute approximate surface area is 196 Å². The van der Waals surface area contributed by atoms with Gasteiger partial charge in [0, 0.05) is 18.2 Å². The molecule has 0 bridgehead atoms. The van der Waals surface area contributed by atoms with Gasteiger partial charge in [0.2, 0.25) is 0 Å². The van der Waals surface area contributed by atoms with Crippen LogP contribution in [0.25, 0.3) is 34.2 Å². The summed E-state index contributed by atoms with van der Waals surface area (Å²) >= 11 is 0. The van der Waals surface area contributed by atoms with E-state index in [-0.39, 0.29) is 29.0 Å². The van der Waals surface area contributed by atoms with Crippen molar-refractivity contribution in [2.45, 2.75) is 0 Å². The predicted molar refractivity (Wildman–Crippen MR) is 126 cm³/mol. The van der Waals surface area contributed by atoms with Crippen LogP contribution >= 0.6 is 0 Å². The zero-order chi connectivity index (χ0) is 24.2. The van der Waals surface area contributed by atoms with Gasteiger partial charge in [-0.25, -0.2) is 15.0 Å². The van der Waals surface area contributed by atoms with Crippen molar-refractivity contribution in [3.63, 3.8) is 0 Å². The van der Waals surface area contributed by atoms with Gasteiger partial charge < -0.3 is 29.2 Å². The first kappa shape index (κ1) is 22.7. The van der Waals surface area contributed by atoms with Crippen LogP contribution in [0.4, 0.5) is 0 Å². The molecule has 4 aromatic rings. The molecular formula is C25H23N3O6. The van der Waals surface area contributed by atoms with Crippen molar-refractivity contribution < 1.29 is 29.2 Å². The highest BCUT2D eigenvalue weighted by molar-refractivity contribution is 5.74. The maximum absolute atomic E-state index is 10.6. The van der Waals surface area contributed by atoms with E-state index in [0.29, 0.717) is 39.7 Å². The monoisotopic (exact) mass is 461 g/mol. The molecule has 4 rings (SSSR count). The molecule has 3 aromatic carbocycles. The summed E-state index contributed by atoms with van der Waals surface area (Å²) in [5.41, 5.74) is 1.31. The molecule has 1 heterocycles. The molecule has 0 aliphatic heterocycles. The van der Waals surface area contributed by atoms with Crippen molar-refractivity contribution in [2.24, 2.45) is 0 Å². The van der Waals surface area contributed by atoms with Crippen LogP contribution in [0, 0.1) is 0 Å². The molecule has 0 amide bonds. The minimum Gasteiger partial charge on any atom is -0.507 e. The lowest BCUT2D eigenvalue weighted by atomic mass is 10.1. The zero-order valence-corrected chi connectivity index (χ0v) is 19.1. The molecule has 34 heavy (non-hydrogen) atoms. The molecule has 0 spiro atoms. The van der Waals surface area contributed by atoms with E-state index in [9.17, 15) is 10.2 Å². The Morgan fingerprint density at radius 3 is 1.26 bits per heavy atom. The van der Waals surface area contributed by atoms with E-state index in [4.69, 9.17) is 18.9 Å². The van der Waals surface area contributed by atoms with E-state index < -0.39 is 0 Å². The molecule has 0 atom stereocenters. The number of ether oxygens (including phenoxy) is 4. The summed E-state index contributed by atoms with van der Waals surface area (Å²) in [5.74, 6) is 2.62. The maximum atomic E-state index is 10.6. The van der Waals surface area contributed by atoms with Crippen LogP contribution in [0.2, 0.25) is 0 Å². The number of rotatable bonds is 7. The molecule has 0 radical (unpaired) electrons. The fourth-order valence-corrected chi connectivity index (χ4v) is 3.38. The minimum atomic E-state index is -0.0666. The van der Waals surface area contributed by atoms with Crippen LogP contribution in [-0.2, 0) is 0 Å². The predicted octanol–water partition coefficient (Wildman–Crippen LogP) is 4.32. The summed E-state index contributed by atoms with van der Waals surface area (Å²) < 4.78 is 21.2. The maximum Gasteiger partial charge on any atom is 0.167 e. The molecular weight excluding hydrogens is 438 g/mol. The van der Waals surface area contributed by atoms with Crippen LogP contribution in [0.15, 0.2) is 54.6 Å². The lowest BCUT2D eigenvalue weighted by Crippen LogP contribution is -2.02. The average Bonchev–Trinajstić information content (AvgIpc) is 2.87. The number of phenols is 2. The highest BCUT2D eigenvalue weighted by Gasteiger charge is 2.19. The Morgan fingerprint density at radius 2 is 0.882 bits per heavy atom. The SMILES string of the molecule is COc1ccc(-c2nc(-c3ccc(OC)cc3O)nc(-c3ccc(OC)cc3OC)n2)c(O)c1. The number of aromatic nitrogens is 3. The molecule has 9 heteroatoms. The lowest BCUT2D eigenvalue weighted by Gasteiger charge is -2.13. The Kier molecular flexibility index (Phi) is 6.35. The van der Waals surface area contributed by atoms with Crippen LogP contribution in [0.1, 0.15) is 0 Å². The van der Waals surface area contributed by atoms with Crippen molar-refractivity contribution in [1.29, 1.82) is 0 Å². The summed E-state index contributed by atoms with van der Waals surface area (Å²) in [5, 5.41) is 21.2. The van der Waals surface area contributed by atoms with Crippen molar-refractivity contribution in [1.82, 2.24) is 15.0 Å². The van der Waals surface area contributed by atoms with Gasteiger partial charge in [-0.15, -0.1) is 0 Å². The Balaban J connectivity index is 1.96. The van der Waals surface area contributed by atoms with Crippen molar-refractivity contribution >= 4 is 0 Å². The second-order valence-electron chi connectivity index (χ2n) is 7.14. The summed E-state index contributed by atoms with van der Waals surface area (Å²) in [4.78, 5) is 13.7. The highest BCUT2D eigenvalue weighted by Crippen LogP contribution is 2.37. The highest BCUT2D eigenvalue weighted by atomic mass is 16.5. The largest absolute Gasteiger partial charge is 0.507 e. The van der Waals surface area contributed by atoms with Crippen molar-refractivity contribution in [2.75, 3.05) is 28.4 Å². The van der Waals surface area contributed by atoms with E-state index in [0.717, 1.165) is 0 Å². The molecule has 1 aromatic heterocycles. The average molecular weight is 461 g/mol. The number of hydrogen-bond acceptors (Lipinski definition) is 9. The lowest BCUT2D eigenvalue weighted by molar-refractivity contribution is 0.395. The van der Waals surface area contributed by atoms with Gasteiger partial charge in [-0.1, -0.05) is 0 Å². The Hall–Kier alpha value is -4.53. The van der Waals surface area contributed by atoms with Crippen LogP contribution in [0.5, 0.6) is 34.5 Å². The number of aromatic hydroxyl groups is 2. The van der Waals surface area contributed by atoms with E-state index in [2.05, 4.69) is 15.0 Å². The third kappa shape index (κ3) is 4.36. The number of methoxy groups -OCH3 is 4. The second kappa shape index (κ2) is 9.53. The molecule has 0 unspecified atom stereocenters. The summed E-state index contributed by atoms with van der Waals surface area (Å²) in [6, 6.07) is 14.9. The first-order valence-corrected chi connectivity index (χ1v) is 10.2. The zero-order valence-electron chi connectivity index (χ0n) is 19.1. The molecule has 0 saturated heterocycles. The van der Waals surface area contributed by atoms with Gasteiger partial charge >= 0.3 is 0 Å². The fraction of sp³-hybridized carbons (Fsp3) is 0.160. The van der Waals surface area contributed by atoms with Crippen molar-refractivity contribution in [3.8, 4) is 68.7 Å². The molecule has 0 saturated carbocycles. The van der Waals surface area contributed by atoms with Gasteiger partial charge in [0.1, 0.15) is 34.5 Å². The standard InChI is InChI=1S/C25H23N3O6/c1-31-14-5-8-17(20(29)11-14)23-26-24(18-9-6-15(32-2)12-21(18)30)28-25(27-23)19-10-7-16(33-3)13-22(19)34-4/h5-13,29-30H,1-4H3. The third-order valence-corrected chi connectivity index (χ3v) is 5.18. The number of hydrogen-bond donors (Lipinski definition) is 2. The Morgan fingerprint density at radius 1 is 0.500 bits per heavy atom. The van der Waals surface area contributed by atoms with Gasteiger partial charge in [-0.3, -0.25) is 0 Å². The quantitative estimate of drug-likeness (QED) is 0.415.